The van der Waals surface area contributed by atoms with Gasteiger partial charge >= 0.3 is 0 Å². The first-order valence-corrected chi connectivity index (χ1v) is 11.9. The highest BCUT2D eigenvalue weighted by molar-refractivity contribution is 6.31. The van der Waals surface area contributed by atoms with Gasteiger partial charge in [0.2, 0.25) is 0 Å². The van der Waals surface area contributed by atoms with Crippen molar-refractivity contribution in [1.82, 2.24) is 4.57 Å². The summed E-state index contributed by atoms with van der Waals surface area (Å²) in [5.74, 6) is 0. The molecule has 34 heavy (non-hydrogen) atoms. The van der Waals surface area contributed by atoms with Gasteiger partial charge in [-0.15, -0.1) is 0 Å². The van der Waals surface area contributed by atoms with Gasteiger partial charge in [-0.3, -0.25) is 0 Å². The third-order valence-corrected chi connectivity index (χ3v) is 7.07. The molecule has 0 spiro atoms. The molecule has 0 aliphatic heterocycles. The summed E-state index contributed by atoms with van der Waals surface area (Å²) in [4.78, 5) is 0. The fourth-order valence-electron chi connectivity index (χ4n) is 5.38. The SMILES string of the molecule is Clc1ccc2c3ccccc3n(-c3ccccc3-c3cc4ccccc4c4ccccc34)c2c1. The van der Waals surface area contributed by atoms with E-state index in [0.717, 1.165) is 16.2 Å². The molecule has 0 aliphatic carbocycles. The number of halogens is 1. The Hall–Kier alpha value is -4.07. The molecule has 0 radical (unpaired) electrons. The Morgan fingerprint density at radius 2 is 1.09 bits per heavy atom. The second-order valence-electron chi connectivity index (χ2n) is 8.72. The fourth-order valence-corrected chi connectivity index (χ4v) is 5.54. The Morgan fingerprint density at radius 3 is 1.97 bits per heavy atom. The van der Waals surface area contributed by atoms with Crippen LogP contribution >= 0.6 is 11.6 Å². The van der Waals surface area contributed by atoms with Crippen LogP contribution in [0.25, 0.3) is 60.2 Å². The zero-order chi connectivity index (χ0) is 22.6. The summed E-state index contributed by atoms with van der Waals surface area (Å²) >= 11 is 6.49. The van der Waals surface area contributed by atoms with E-state index < -0.39 is 0 Å². The van der Waals surface area contributed by atoms with Crippen LogP contribution in [-0.4, -0.2) is 4.57 Å². The molecule has 0 bridgehead atoms. The highest BCUT2D eigenvalue weighted by Gasteiger charge is 2.17. The van der Waals surface area contributed by atoms with E-state index in [0.29, 0.717) is 0 Å². The highest BCUT2D eigenvalue weighted by Crippen LogP contribution is 2.40. The van der Waals surface area contributed by atoms with Crippen molar-refractivity contribution in [2.45, 2.75) is 0 Å². The van der Waals surface area contributed by atoms with Crippen LogP contribution in [0, 0.1) is 0 Å². The maximum absolute atomic E-state index is 6.49. The molecule has 1 aromatic heterocycles. The third-order valence-electron chi connectivity index (χ3n) is 6.84. The fraction of sp³-hybridized carbons (Fsp3) is 0. The van der Waals surface area contributed by atoms with E-state index in [-0.39, 0.29) is 0 Å². The molecular formula is C32H20ClN. The van der Waals surface area contributed by atoms with Crippen LogP contribution in [0.2, 0.25) is 5.02 Å². The second-order valence-corrected chi connectivity index (χ2v) is 9.16. The van der Waals surface area contributed by atoms with Crippen LogP contribution in [0.4, 0.5) is 0 Å². The molecule has 0 amide bonds. The normalized spacial score (nSPS) is 11.7. The van der Waals surface area contributed by atoms with Crippen LogP contribution in [0.1, 0.15) is 0 Å². The smallest absolute Gasteiger partial charge is 0.0556 e. The first kappa shape index (κ1) is 19.4. The van der Waals surface area contributed by atoms with E-state index >= 15 is 0 Å². The molecule has 0 atom stereocenters. The molecule has 7 aromatic rings. The lowest BCUT2D eigenvalue weighted by atomic mass is 9.92. The lowest BCUT2D eigenvalue weighted by Gasteiger charge is -2.17. The number of para-hydroxylation sites is 2. The zero-order valence-corrected chi connectivity index (χ0v) is 19.1. The van der Waals surface area contributed by atoms with Crippen molar-refractivity contribution in [2.24, 2.45) is 0 Å². The van der Waals surface area contributed by atoms with E-state index in [9.17, 15) is 0 Å². The molecule has 1 nitrogen and oxygen atoms in total. The minimum atomic E-state index is 0.741. The molecule has 0 fully saturated rings. The van der Waals surface area contributed by atoms with Crippen molar-refractivity contribution in [3.05, 3.63) is 126 Å². The van der Waals surface area contributed by atoms with Gasteiger partial charge in [0.15, 0.2) is 0 Å². The minimum absolute atomic E-state index is 0.741. The standard InChI is InChI=1S/C32H20ClN/c33-22-17-18-28-26-13-5-7-15-30(26)34(32(28)20-22)31-16-8-6-14-27(31)29-19-21-9-1-2-10-23(21)24-11-3-4-12-25(24)29/h1-20H. The Morgan fingerprint density at radius 1 is 0.441 bits per heavy atom. The van der Waals surface area contributed by atoms with Gasteiger partial charge in [0.1, 0.15) is 0 Å². The summed E-state index contributed by atoms with van der Waals surface area (Å²) in [5.41, 5.74) is 5.88. The van der Waals surface area contributed by atoms with Crippen molar-refractivity contribution < 1.29 is 0 Å². The molecule has 2 heteroatoms. The molecule has 7 rings (SSSR count). The van der Waals surface area contributed by atoms with Crippen molar-refractivity contribution in [2.75, 3.05) is 0 Å². The lowest BCUT2D eigenvalue weighted by molar-refractivity contribution is 1.18. The number of nitrogens with zero attached hydrogens (tertiary/aromatic N) is 1. The number of rotatable bonds is 2. The lowest BCUT2D eigenvalue weighted by Crippen LogP contribution is -1.97. The van der Waals surface area contributed by atoms with Crippen molar-refractivity contribution >= 4 is 55.0 Å². The molecule has 0 saturated heterocycles. The molecule has 0 saturated carbocycles. The Labute approximate surface area is 202 Å². The number of hydrogen-bond donors (Lipinski definition) is 0. The van der Waals surface area contributed by atoms with E-state index in [1.807, 2.05) is 6.07 Å². The van der Waals surface area contributed by atoms with Crippen molar-refractivity contribution in [1.29, 1.82) is 0 Å². The van der Waals surface area contributed by atoms with Crippen LogP contribution < -0.4 is 0 Å². The second kappa shape index (κ2) is 7.48. The summed E-state index contributed by atoms with van der Waals surface area (Å²) in [6.45, 7) is 0. The Kier molecular flexibility index (Phi) is 4.27. The zero-order valence-electron chi connectivity index (χ0n) is 18.4. The average molecular weight is 454 g/mol. The molecule has 160 valence electrons. The van der Waals surface area contributed by atoms with E-state index in [4.69, 9.17) is 11.6 Å². The number of fused-ring (bicyclic) bond motifs is 6. The molecule has 0 N–H and O–H groups in total. The number of benzene rings is 6. The maximum Gasteiger partial charge on any atom is 0.0556 e. The molecular weight excluding hydrogens is 434 g/mol. The van der Waals surface area contributed by atoms with Gasteiger partial charge in [0.25, 0.3) is 0 Å². The third kappa shape index (κ3) is 2.81. The largest absolute Gasteiger partial charge is 0.309 e. The van der Waals surface area contributed by atoms with Gasteiger partial charge < -0.3 is 4.57 Å². The number of aromatic nitrogens is 1. The maximum atomic E-state index is 6.49. The predicted molar refractivity (Wildman–Crippen MR) is 146 cm³/mol. The summed E-state index contributed by atoms with van der Waals surface area (Å²) in [7, 11) is 0. The first-order valence-electron chi connectivity index (χ1n) is 11.5. The summed E-state index contributed by atoms with van der Waals surface area (Å²) in [6.07, 6.45) is 0. The molecule has 6 aromatic carbocycles. The topological polar surface area (TPSA) is 4.93 Å². The van der Waals surface area contributed by atoms with Gasteiger partial charge in [-0.05, 0) is 57.4 Å². The van der Waals surface area contributed by atoms with E-state index in [1.165, 1.54) is 49.0 Å². The van der Waals surface area contributed by atoms with E-state index in [1.54, 1.807) is 0 Å². The summed E-state index contributed by atoms with van der Waals surface area (Å²) < 4.78 is 2.36. The quantitative estimate of drug-likeness (QED) is 0.230. The van der Waals surface area contributed by atoms with Gasteiger partial charge in [0.05, 0.1) is 16.7 Å². The van der Waals surface area contributed by atoms with Gasteiger partial charge in [-0.25, -0.2) is 0 Å². The monoisotopic (exact) mass is 453 g/mol. The first-order chi connectivity index (χ1) is 16.8. The van der Waals surface area contributed by atoms with Gasteiger partial charge in [-0.1, -0.05) is 103 Å². The minimum Gasteiger partial charge on any atom is -0.309 e. The predicted octanol–water partition coefficient (Wildman–Crippen LogP) is 9.41. The van der Waals surface area contributed by atoms with Gasteiger partial charge in [0, 0.05) is 21.4 Å². The van der Waals surface area contributed by atoms with Crippen molar-refractivity contribution in [3.63, 3.8) is 0 Å². The molecule has 0 aliphatic rings. The molecule has 0 unspecified atom stereocenters. The Balaban J connectivity index is 1.63. The van der Waals surface area contributed by atoms with Crippen LogP contribution in [-0.2, 0) is 0 Å². The van der Waals surface area contributed by atoms with Gasteiger partial charge in [-0.2, -0.15) is 0 Å². The Bertz CT molecular complexity index is 1880. The highest BCUT2D eigenvalue weighted by atomic mass is 35.5. The summed E-state index contributed by atoms with van der Waals surface area (Å²) in [6, 6.07) is 43.1. The van der Waals surface area contributed by atoms with E-state index in [2.05, 4.69) is 120 Å². The van der Waals surface area contributed by atoms with Crippen molar-refractivity contribution in [3.8, 4) is 16.8 Å². The van der Waals surface area contributed by atoms with Crippen LogP contribution in [0.3, 0.4) is 0 Å². The van der Waals surface area contributed by atoms with Crippen LogP contribution in [0.15, 0.2) is 121 Å². The molecule has 1 heterocycles. The van der Waals surface area contributed by atoms with Crippen LogP contribution in [0.5, 0.6) is 0 Å². The summed E-state index contributed by atoms with van der Waals surface area (Å²) in [5, 5.41) is 8.23. The average Bonchev–Trinajstić information content (AvgIpc) is 3.21. The number of hydrogen-bond acceptors (Lipinski definition) is 0.